The van der Waals surface area contributed by atoms with E-state index in [0.717, 1.165) is 43.3 Å². The topological polar surface area (TPSA) is 79.0 Å². The molecule has 0 bridgehead atoms. The second kappa shape index (κ2) is 10.1. The molecule has 1 spiro atoms. The van der Waals surface area contributed by atoms with Crippen LogP contribution in [0.15, 0.2) is 23.1 Å². The van der Waals surface area contributed by atoms with Crippen molar-refractivity contribution in [3.05, 3.63) is 28.2 Å². The largest absolute Gasteiger partial charge is 0.370 e. The fourth-order valence-corrected chi connectivity index (χ4v) is 6.00. The first kappa shape index (κ1) is 23.8. The molecule has 2 fully saturated rings. The Labute approximate surface area is 188 Å². The number of carbonyl (C=O) groups excluding carboxylic acids is 1. The molecule has 168 valence electrons. The molecule has 30 heavy (non-hydrogen) atoms. The third kappa shape index (κ3) is 5.66. The molecule has 1 N–H and O–H groups in total. The molecule has 2 aliphatic heterocycles. The van der Waals surface area contributed by atoms with Gasteiger partial charge in [-0.15, -0.1) is 0 Å². The number of hydrogen-bond donors (Lipinski definition) is 1. The summed E-state index contributed by atoms with van der Waals surface area (Å²) in [5, 5.41) is 3.84. The van der Waals surface area contributed by atoms with E-state index < -0.39 is 10.0 Å². The number of amides is 1. The lowest BCUT2D eigenvalue weighted by Gasteiger charge is -2.44. The number of carbonyl (C=O) groups is 1. The molecule has 2 heterocycles. The van der Waals surface area contributed by atoms with E-state index in [4.69, 9.17) is 27.9 Å². The van der Waals surface area contributed by atoms with Gasteiger partial charge in [-0.1, -0.05) is 23.2 Å². The number of hydrogen-bond acceptors (Lipinski definition) is 5. The van der Waals surface area contributed by atoms with Crippen molar-refractivity contribution >= 4 is 39.1 Å². The summed E-state index contributed by atoms with van der Waals surface area (Å²) in [6, 6.07) is 4.26. The normalized spacial score (nSPS) is 19.4. The molecule has 10 heteroatoms. The van der Waals surface area contributed by atoms with Gasteiger partial charge in [-0.3, -0.25) is 4.79 Å². The summed E-state index contributed by atoms with van der Waals surface area (Å²) >= 11 is 11.9. The number of piperidine rings is 2. The van der Waals surface area contributed by atoms with Crippen LogP contribution in [-0.4, -0.2) is 76.5 Å². The molecule has 0 atom stereocenters. The Balaban J connectivity index is 1.41. The Morgan fingerprint density at radius 2 is 1.87 bits per heavy atom. The van der Waals surface area contributed by atoms with Crippen LogP contribution in [0.4, 0.5) is 0 Å². The summed E-state index contributed by atoms with van der Waals surface area (Å²) in [6.45, 7) is 3.87. The number of benzene rings is 1. The molecule has 2 aliphatic rings. The minimum Gasteiger partial charge on any atom is -0.370 e. The van der Waals surface area contributed by atoms with Gasteiger partial charge in [-0.25, -0.2) is 8.42 Å². The summed E-state index contributed by atoms with van der Waals surface area (Å²) in [5.41, 5.74) is 0.392. The zero-order chi connectivity index (χ0) is 21.8. The van der Waals surface area contributed by atoms with Crippen LogP contribution >= 0.6 is 23.2 Å². The second-order valence-corrected chi connectivity index (χ2v) is 10.9. The van der Waals surface area contributed by atoms with Gasteiger partial charge in [0.05, 0.1) is 11.6 Å². The Hall–Kier alpha value is -0.900. The first-order chi connectivity index (χ1) is 14.2. The van der Waals surface area contributed by atoms with Crippen LogP contribution < -0.4 is 5.32 Å². The van der Waals surface area contributed by atoms with Crippen molar-refractivity contribution < 1.29 is 17.9 Å². The molecule has 1 aromatic carbocycles. The first-order valence-electron chi connectivity index (χ1n) is 10.2. The number of nitrogens with zero attached hydrogens (tertiary/aromatic N) is 2. The Morgan fingerprint density at radius 1 is 1.20 bits per heavy atom. The monoisotopic (exact) mass is 477 g/mol. The highest BCUT2D eigenvalue weighted by Crippen LogP contribution is 2.39. The third-order valence-electron chi connectivity index (χ3n) is 6.20. The van der Waals surface area contributed by atoms with Gasteiger partial charge in [0.2, 0.25) is 15.9 Å². The maximum absolute atomic E-state index is 12.7. The van der Waals surface area contributed by atoms with Crippen LogP contribution in [0.25, 0.3) is 0 Å². The van der Waals surface area contributed by atoms with Crippen molar-refractivity contribution in [2.24, 2.45) is 5.41 Å². The smallest absolute Gasteiger partial charge is 0.248 e. The van der Waals surface area contributed by atoms with Crippen LogP contribution in [0.5, 0.6) is 0 Å². The van der Waals surface area contributed by atoms with Gasteiger partial charge in [0.1, 0.15) is 11.5 Å². The minimum absolute atomic E-state index is 0.00713. The van der Waals surface area contributed by atoms with Gasteiger partial charge >= 0.3 is 0 Å². The molecule has 1 aromatic rings. The summed E-state index contributed by atoms with van der Waals surface area (Å²) in [4.78, 5) is 14.3. The molecule has 0 aromatic heterocycles. The fourth-order valence-electron chi connectivity index (χ4n) is 4.10. The van der Waals surface area contributed by atoms with Gasteiger partial charge in [0.15, 0.2) is 0 Å². The molecular weight excluding hydrogens is 449 g/mol. The molecule has 1 amide bonds. The third-order valence-corrected chi connectivity index (χ3v) is 8.77. The summed E-state index contributed by atoms with van der Waals surface area (Å²) in [6.07, 6.45) is 4.46. The predicted octanol–water partition coefficient (Wildman–Crippen LogP) is 2.62. The molecule has 0 saturated carbocycles. The quantitative estimate of drug-likeness (QED) is 0.610. The molecule has 0 unspecified atom stereocenters. The lowest BCUT2D eigenvalue weighted by atomic mass is 9.71. The van der Waals surface area contributed by atoms with Crippen molar-refractivity contribution in [1.82, 2.24) is 14.5 Å². The molecule has 7 nitrogen and oxygen atoms in total. The number of sulfonamides is 1. The Morgan fingerprint density at radius 3 is 2.50 bits per heavy atom. The molecule has 2 saturated heterocycles. The summed E-state index contributed by atoms with van der Waals surface area (Å²) in [5.74, 6) is -0.0370. The van der Waals surface area contributed by atoms with Gasteiger partial charge < -0.3 is 15.0 Å². The number of likely N-dealkylation sites (N-methyl/N-ethyl adjacent to an activating group) is 1. The lowest BCUT2D eigenvalue weighted by molar-refractivity contribution is -0.138. The maximum Gasteiger partial charge on any atom is 0.248 e. The van der Waals surface area contributed by atoms with Crippen molar-refractivity contribution in [1.29, 1.82) is 0 Å². The van der Waals surface area contributed by atoms with Crippen molar-refractivity contribution in [2.75, 3.05) is 53.0 Å². The molecule has 0 aliphatic carbocycles. The average Bonchev–Trinajstić information content (AvgIpc) is 2.71. The molecule has 3 rings (SSSR count). The number of halogens is 2. The maximum atomic E-state index is 12.7. The van der Waals surface area contributed by atoms with E-state index in [0.29, 0.717) is 10.4 Å². The first-order valence-corrected chi connectivity index (χ1v) is 12.4. The van der Waals surface area contributed by atoms with E-state index >= 15 is 0 Å². The highest BCUT2D eigenvalue weighted by atomic mass is 35.5. The van der Waals surface area contributed by atoms with E-state index in [-0.39, 0.29) is 35.6 Å². The van der Waals surface area contributed by atoms with E-state index in [2.05, 4.69) is 5.32 Å². The van der Waals surface area contributed by atoms with Crippen molar-refractivity contribution in [2.45, 2.75) is 30.6 Å². The van der Waals surface area contributed by atoms with E-state index in [1.807, 2.05) is 4.90 Å². The van der Waals surface area contributed by atoms with Gasteiger partial charge in [0.25, 0.3) is 0 Å². The van der Waals surface area contributed by atoms with Crippen LogP contribution in [0.1, 0.15) is 25.7 Å². The van der Waals surface area contributed by atoms with E-state index in [1.165, 1.54) is 38.1 Å². The highest BCUT2D eigenvalue weighted by molar-refractivity contribution is 7.89. The minimum atomic E-state index is -3.76. The van der Waals surface area contributed by atoms with Crippen LogP contribution in [0, 0.1) is 5.41 Å². The van der Waals surface area contributed by atoms with E-state index in [9.17, 15) is 13.2 Å². The lowest BCUT2D eigenvalue weighted by Crippen LogP contribution is -2.48. The van der Waals surface area contributed by atoms with Crippen LogP contribution in [0.3, 0.4) is 0 Å². The number of nitrogens with one attached hydrogen (secondary N) is 1. The van der Waals surface area contributed by atoms with Crippen molar-refractivity contribution in [3.8, 4) is 0 Å². The fraction of sp³-hybridized carbons (Fsp3) is 0.650. The molecular formula is C20H29Cl2N3O4S. The second-order valence-electron chi connectivity index (χ2n) is 8.08. The number of rotatable bonds is 7. The Bertz CT molecular complexity index is 850. The van der Waals surface area contributed by atoms with Crippen LogP contribution in [0.2, 0.25) is 10.0 Å². The van der Waals surface area contributed by atoms with Gasteiger partial charge in [-0.05, 0) is 62.4 Å². The number of likely N-dealkylation sites (tertiary alicyclic amines) is 1. The van der Waals surface area contributed by atoms with Gasteiger partial charge in [-0.2, -0.15) is 4.31 Å². The van der Waals surface area contributed by atoms with E-state index in [1.54, 1.807) is 0 Å². The standard InChI is InChI=1S/C20H29Cl2N3O4S/c1-24(30(27,28)18-3-2-16(21)14-17(18)22)12-13-29-15-19(26)25-10-6-20(7-11-25)4-8-23-9-5-20/h2-3,14,23H,4-13,15H2,1H3. The number of ether oxygens (including phenoxy) is 1. The zero-order valence-electron chi connectivity index (χ0n) is 17.2. The predicted molar refractivity (Wildman–Crippen MR) is 117 cm³/mol. The van der Waals surface area contributed by atoms with Crippen molar-refractivity contribution in [3.63, 3.8) is 0 Å². The summed E-state index contributed by atoms with van der Waals surface area (Å²) in [7, 11) is -2.31. The average molecular weight is 478 g/mol. The SMILES string of the molecule is CN(CCOCC(=O)N1CCC2(CCNCC2)CC1)S(=O)(=O)c1ccc(Cl)cc1Cl. The molecule has 0 radical (unpaired) electrons. The van der Waals surface area contributed by atoms with Crippen LogP contribution in [-0.2, 0) is 19.6 Å². The Kier molecular flexibility index (Phi) is 8.03. The van der Waals surface area contributed by atoms with Gasteiger partial charge in [0, 0.05) is 31.7 Å². The zero-order valence-corrected chi connectivity index (χ0v) is 19.5. The summed E-state index contributed by atoms with van der Waals surface area (Å²) < 4.78 is 31.9. The highest BCUT2D eigenvalue weighted by Gasteiger charge is 2.36.